The van der Waals surface area contributed by atoms with Gasteiger partial charge in [0.05, 0.1) is 23.7 Å². The molecule has 5 aromatic rings. The summed E-state index contributed by atoms with van der Waals surface area (Å²) in [6.45, 7) is 3.67. The summed E-state index contributed by atoms with van der Waals surface area (Å²) in [6, 6.07) is 29.0. The van der Waals surface area contributed by atoms with Crippen LogP contribution in [0.5, 0.6) is 0 Å². The van der Waals surface area contributed by atoms with Gasteiger partial charge in [0.2, 0.25) is 11.5 Å². The van der Waals surface area contributed by atoms with E-state index in [-0.39, 0.29) is 5.91 Å². The topological polar surface area (TPSA) is 83.0 Å². The summed E-state index contributed by atoms with van der Waals surface area (Å²) < 4.78 is 3.86. The van der Waals surface area contributed by atoms with Gasteiger partial charge in [-0.25, -0.2) is 0 Å². The molecule has 1 heterocycles. The Morgan fingerprint density at radius 3 is 2.32 bits per heavy atom. The number of aromatic nitrogens is 2. The molecule has 1 amide bonds. The van der Waals surface area contributed by atoms with E-state index in [0.29, 0.717) is 22.9 Å². The van der Waals surface area contributed by atoms with E-state index in [4.69, 9.17) is 17.0 Å². The van der Waals surface area contributed by atoms with E-state index in [0.717, 1.165) is 39.0 Å². The van der Waals surface area contributed by atoms with Gasteiger partial charge in [-0.15, -0.1) is 0 Å². The second kappa shape index (κ2) is 10.1. The molecule has 0 fully saturated rings. The number of halogens is 1. The smallest absolute Gasteiger partial charge is 0.221 e. The van der Waals surface area contributed by atoms with E-state index in [1.165, 1.54) is 6.92 Å². The number of anilines is 1. The lowest BCUT2D eigenvalue weighted by Gasteiger charge is -2.14. The fraction of sp³-hybridized carbons (Fsp3) is 0.133. The second-order valence-electron chi connectivity index (χ2n) is 9.03. The van der Waals surface area contributed by atoms with Crippen molar-refractivity contribution in [2.75, 3.05) is 5.32 Å². The molecule has 0 saturated carbocycles. The summed E-state index contributed by atoms with van der Waals surface area (Å²) in [7, 11) is 0. The standard InChI is InChI=1S/C30H27ClN4O2/c1-19(36)22-13-16-27(33-20(2)37)25(17-22)21-11-14-24(15-12-21)35-29-10-6-5-9-28(29)34(30(35)32)18-23-7-3-4-8-26(23)31/h3-17,19,32,36H,18H2,1-2H3,(H,33,37). The molecule has 7 heteroatoms. The molecule has 0 spiro atoms. The van der Waals surface area contributed by atoms with Crippen molar-refractivity contribution >= 4 is 34.2 Å². The highest BCUT2D eigenvalue weighted by Crippen LogP contribution is 2.32. The van der Waals surface area contributed by atoms with Crippen molar-refractivity contribution < 1.29 is 9.90 Å². The third-order valence-electron chi connectivity index (χ3n) is 6.44. The SMILES string of the molecule is CC(=O)Nc1ccc(C(C)O)cc1-c1ccc(-n2c(=N)n(Cc3ccccc3Cl)c3ccccc32)cc1. The van der Waals surface area contributed by atoms with E-state index in [1.807, 2.05) is 100 Å². The molecule has 1 atom stereocenters. The number of imidazole rings is 1. The summed E-state index contributed by atoms with van der Waals surface area (Å²) in [5.41, 5.74) is 7.13. The van der Waals surface area contributed by atoms with E-state index in [1.54, 1.807) is 6.92 Å². The fourth-order valence-electron chi connectivity index (χ4n) is 4.60. The van der Waals surface area contributed by atoms with Gasteiger partial charge < -0.3 is 15.0 Å². The quantitative estimate of drug-likeness (QED) is 0.251. The number of amides is 1. The van der Waals surface area contributed by atoms with Crippen LogP contribution >= 0.6 is 11.6 Å². The molecule has 6 nitrogen and oxygen atoms in total. The van der Waals surface area contributed by atoms with Crippen molar-refractivity contribution in [3.05, 3.63) is 113 Å². The molecule has 0 radical (unpaired) electrons. The van der Waals surface area contributed by atoms with Crippen LogP contribution in [-0.2, 0) is 11.3 Å². The third kappa shape index (κ3) is 4.81. The number of hydrogen-bond donors (Lipinski definition) is 3. The molecular formula is C30H27ClN4O2. The van der Waals surface area contributed by atoms with Crippen LogP contribution in [0.1, 0.15) is 31.1 Å². The Morgan fingerprint density at radius 2 is 1.65 bits per heavy atom. The Balaban J connectivity index is 1.60. The number of aliphatic hydroxyl groups excluding tert-OH is 1. The van der Waals surface area contributed by atoms with E-state index >= 15 is 0 Å². The number of carbonyl (C=O) groups is 1. The van der Waals surface area contributed by atoms with Gasteiger partial charge in [-0.1, -0.05) is 60.1 Å². The van der Waals surface area contributed by atoms with E-state index in [2.05, 4.69) is 5.32 Å². The van der Waals surface area contributed by atoms with Crippen LogP contribution in [0.3, 0.4) is 0 Å². The predicted molar refractivity (Wildman–Crippen MR) is 148 cm³/mol. The Bertz CT molecular complexity index is 1670. The highest BCUT2D eigenvalue weighted by Gasteiger charge is 2.15. The molecule has 1 unspecified atom stereocenters. The molecule has 0 bridgehead atoms. The molecule has 0 aliphatic carbocycles. The van der Waals surface area contributed by atoms with Crippen LogP contribution in [0.4, 0.5) is 5.69 Å². The van der Waals surface area contributed by atoms with Crippen molar-refractivity contribution in [1.82, 2.24) is 9.13 Å². The number of fused-ring (bicyclic) bond motifs is 1. The Hall–Kier alpha value is -4.13. The van der Waals surface area contributed by atoms with Gasteiger partial charge in [0.15, 0.2) is 0 Å². The molecule has 37 heavy (non-hydrogen) atoms. The lowest BCUT2D eigenvalue weighted by atomic mass is 9.98. The average Bonchev–Trinajstić information content (AvgIpc) is 3.16. The van der Waals surface area contributed by atoms with Crippen LogP contribution in [0.25, 0.3) is 27.8 Å². The Morgan fingerprint density at radius 1 is 0.973 bits per heavy atom. The second-order valence-corrected chi connectivity index (χ2v) is 9.44. The zero-order chi connectivity index (χ0) is 26.1. The predicted octanol–water partition coefficient (Wildman–Crippen LogP) is 6.29. The van der Waals surface area contributed by atoms with Crippen LogP contribution < -0.4 is 10.9 Å². The first-order valence-corrected chi connectivity index (χ1v) is 12.4. The molecule has 0 aliphatic rings. The van der Waals surface area contributed by atoms with Crippen LogP contribution in [-0.4, -0.2) is 20.1 Å². The van der Waals surface area contributed by atoms with Crippen molar-refractivity contribution in [2.24, 2.45) is 0 Å². The van der Waals surface area contributed by atoms with Gasteiger partial charge in [-0.05, 0) is 66.1 Å². The molecule has 5 rings (SSSR count). The number of carbonyl (C=O) groups excluding carboxylic acids is 1. The minimum atomic E-state index is -0.630. The Labute approximate surface area is 219 Å². The van der Waals surface area contributed by atoms with Crippen molar-refractivity contribution in [2.45, 2.75) is 26.5 Å². The maximum atomic E-state index is 11.8. The van der Waals surface area contributed by atoms with Gasteiger partial charge in [-0.3, -0.25) is 14.8 Å². The number of benzene rings is 4. The van der Waals surface area contributed by atoms with Crippen molar-refractivity contribution in [1.29, 1.82) is 5.41 Å². The number of aliphatic hydroxyl groups is 1. The lowest BCUT2D eigenvalue weighted by molar-refractivity contribution is -0.114. The number of nitrogens with one attached hydrogen (secondary N) is 2. The van der Waals surface area contributed by atoms with Crippen LogP contribution in [0.15, 0.2) is 91.0 Å². The van der Waals surface area contributed by atoms with Gasteiger partial charge in [0, 0.05) is 28.9 Å². The number of para-hydroxylation sites is 2. The largest absolute Gasteiger partial charge is 0.389 e. The summed E-state index contributed by atoms with van der Waals surface area (Å²) in [5, 5.41) is 22.7. The molecule has 0 saturated heterocycles. The first-order valence-electron chi connectivity index (χ1n) is 12.0. The fourth-order valence-corrected chi connectivity index (χ4v) is 4.79. The monoisotopic (exact) mass is 510 g/mol. The van der Waals surface area contributed by atoms with Gasteiger partial charge >= 0.3 is 0 Å². The normalized spacial score (nSPS) is 12.0. The lowest BCUT2D eigenvalue weighted by Crippen LogP contribution is -2.24. The summed E-state index contributed by atoms with van der Waals surface area (Å²) in [4.78, 5) is 11.8. The van der Waals surface area contributed by atoms with Gasteiger partial charge in [0.25, 0.3) is 0 Å². The number of hydrogen-bond acceptors (Lipinski definition) is 3. The van der Waals surface area contributed by atoms with Gasteiger partial charge in [-0.2, -0.15) is 0 Å². The van der Waals surface area contributed by atoms with Gasteiger partial charge in [0.1, 0.15) is 0 Å². The van der Waals surface area contributed by atoms with E-state index in [9.17, 15) is 9.90 Å². The average molecular weight is 511 g/mol. The zero-order valence-electron chi connectivity index (χ0n) is 20.6. The highest BCUT2D eigenvalue weighted by atomic mass is 35.5. The maximum Gasteiger partial charge on any atom is 0.221 e. The minimum Gasteiger partial charge on any atom is -0.389 e. The first kappa shape index (κ1) is 24.6. The number of nitrogens with zero attached hydrogens (tertiary/aromatic N) is 2. The first-order chi connectivity index (χ1) is 17.8. The molecule has 0 aliphatic heterocycles. The Kier molecular flexibility index (Phi) is 6.70. The molecular weight excluding hydrogens is 484 g/mol. The summed E-state index contributed by atoms with van der Waals surface area (Å²) in [5.74, 6) is -0.164. The third-order valence-corrected chi connectivity index (χ3v) is 6.81. The van der Waals surface area contributed by atoms with E-state index < -0.39 is 6.10 Å². The van der Waals surface area contributed by atoms with Crippen molar-refractivity contribution in [3.8, 4) is 16.8 Å². The molecule has 3 N–H and O–H groups in total. The summed E-state index contributed by atoms with van der Waals surface area (Å²) >= 11 is 6.43. The minimum absolute atomic E-state index is 0.164. The zero-order valence-corrected chi connectivity index (χ0v) is 21.3. The molecule has 4 aromatic carbocycles. The van der Waals surface area contributed by atoms with Crippen LogP contribution in [0, 0.1) is 5.41 Å². The molecule has 1 aromatic heterocycles. The maximum absolute atomic E-state index is 11.8. The van der Waals surface area contributed by atoms with Crippen molar-refractivity contribution in [3.63, 3.8) is 0 Å². The summed E-state index contributed by atoms with van der Waals surface area (Å²) in [6.07, 6.45) is -0.630. The molecule has 186 valence electrons. The highest BCUT2D eigenvalue weighted by molar-refractivity contribution is 6.31. The number of rotatable bonds is 6. The van der Waals surface area contributed by atoms with Crippen LogP contribution in [0.2, 0.25) is 5.02 Å².